The molecular formula is C29H23F2N3O2. The molecule has 2 aromatic carbocycles. The van der Waals surface area contributed by atoms with Crippen molar-refractivity contribution in [2.45, 2.75) is 44.3 Å². The summed E-state index contributed by atoms with van der Waals surface area (Å²) in [5.41, 5.74) is 3.38. The highest BCUT2D eigenvalue weighted by Crippen LogP contribution is 2.58. The van der Waals surface area contributed by atoms with E-state index in [1.54, 1.807) is 36.5 Å². The van der Waals surface area contributed by atoms with Gasteiger partial charge < -0.3 is 4.74 Å². The Morgan fingerprint density at radius 3 is 2.72 bits per heavy atom. The van der Waals surface area contributed by atoms with E-state index in [2.05, 4.69) is 11.9 Å². The predicted molar refractivity (Wildman–Crippen MR) is 130 cm³/mol. The highest BCUT2D eigenvalue weighted by Gasteiger charge is 2.67. The van der Waals surface area contributed by atoms with Crippen LogP contribution in [-0.4, -0.2) is 32.9 Å². The smallest absolute Gasteiger partial charge is 0.167 e. The van der Waals surface area contributed by atoms with Crippen LogP contribution >= 0.6 is 0 Å². The fraction of sp³-hybridized carbons (Fsp3) is 0.310. The first-order valence-corrected chi connectivity index (χ1v) is 12.3. The van der Waals surface area contributed by atoms with Crippen molar-refractivity contribution < 1.29 is 18.3 Å². The van der Waals surface area contributed by atoms with Crippen LogP contribution in [0.1, 0.15) is 31.5 Å². The maximum Gasteiger partial charge on any atom is 0.167 e. The minimum atomic E-state index is -0.502. The summed E-state index contributed by atoms with van der Waals surface area (Å²) >= 11 is 0. The lowest BCUT2D eigenvalue weighted by Gasteiger charge is -2.46. The predicted octanol–water partition coefficient (Wildman–Crippen LogP) is 5.44. The molecule has 5 atom stereocenters. The highest BCUT2D eigenvalue weighted by molar-refractivity contribution is 5.93. The van der Waals surface area contributed by atoms with Crippen LogP contribution in [0.5, 0.6) is 0 Å². The van der Waals surface area contributed by atoms with Gasteiger partial charge in [-0.2, -0.15) is 0 Å². The molecule has 5 nitrogen and oxygen atoms in total. The lowest BCUT2D eigenvalue weighted by atomic mass is 9.56. The zero-order valence-corrected chi connectivity index (χ0v) is 19.8. The van der Waals surface area contributed by atoms with Gasteiger partial charge in [0, 0.05) is 45.7 Å². The molecule has 2 aromatic heterocycles. The van der Waals surface area contributed by atoms with Gasteiger partial charge in [0.15, 0.2) is 11.6 Å². The van der Waals surface area contributed by atoms with Crippen molar-refractivity contribution in [3.8, 4) is 22.6 Å². The minimum absolute atomic E-state index is 0.0701. The van der Waals surface area contributed by atoms with Gasteiger partial charge in [0.1, 0.15) is 23.8 Å². The van der Waals surface area contributed by atoms with Crippen LogP contribution in [-0.2, 0) is 21.4 Å². The molecule has 3 aliphatic rings. The Kier molecular flexibility index (Phi) is 4.49. The summed E-state index contributed by atoms with van der Waals surface area (Å²) in [6.45, 7) is 4.12. The van der Waals surface area contributed by atoms with Crippen molar-refractivity contribution in [3.05, 3.63) is 77.6 Å². The van der Waals surface area contributed by atoms with Crippen LogP contribution in [0.2, 0.25) is 0 Å². The number of carbonyl (C=O) groups excluding carboxylic acids is 1. The van der Waals surface area contributed by atoms with E-state index in [1.807, 2.05) is 6.92 Å². The number of Topliss-reactive ketones (excluding diaryl/α,β-unsaturated/α-hetero) is 1. The molecule has 36 heavy (non-hydrogen) atoms. The topological polar surface area (TPSA) is 68.3 Å². The number of hydrogen-bond donors (Lipinski definition) is 0. The number of epoxide rings is 1. The van der Waals surface area contributed by atoms with Gasteiger partial charge in [-0.3, -0.25) is 9.78 Å². The summed E-state index contributed by atoms with van der Waals surface area (Å²) < 4.78 is 35.0. The van der Waals surface area contributed by atoms with E-state index in [1.165, 1.54) is 18.2 Å². The Morgan fingerprint density at radius 2 is 1.89 bits per heavy atom. The van der Waals surface area contributed by atoms with Gasteiger partial charge in [-0.1, -0.05) is 26.0 Å². The van der Waals surface area contributed by atoms with E-state index in [9.17, 15) is 9.18 Å². The van der Waals surface area contributed by atoms with Gasteiger partial charge in [0.05, 0.1) is 16.9 Å². The summed E-state index contributed by atoms with van der Waals surface area (Å²) in [5, 5.41) is 0.712. The average Bonchev–Trinajstić information content (AvgIpc) is 3.69. The molecular weight excluding hydrogens is 460 g/mol. The Balaban J connectivity index is 1.53. The molecule has 1 saturated heterocycles. The minimum Gasteiger partial charge on any atom is -0.360 e. The van der Waals surface area contributed by atoms with Crippen LogP contribution in [0.15, 0.2) is 54.7 Å². The zero-order chi connectivity index (χ0) is 24.8. The number of benzene rings is 2. The van der Waals surface area contributed by atoms with Crippen molar-refractivity contribution in [2.75, 3.05) is 0 Å². The standard InChI is InChI=1S/C29H23F2N3O2/c1-14-20-10-9-19-23(18-5-3-4-6-21(18)31)33-28(17-11-12-32-22-13-15(30)7-8-16(17)22)34-26(19)29(20,2)27-25(36-27)24(14)35/h3-8,11-14,20,25,27H,9-10H2,1-2H3/t14-,20-,25-,27-,29-/m1/s1. The van der Waals surface area contributed by atoms with Crippen molar-refractivity contribution in [1.29, 1.82) is 0 Å². The molecule has 0 N–H and O–H groups in total. The van der Waals surface area contributed by atoms with E-state index >= 15 is 4.39 Å². The first-order valence-electron chi connectivity index (χ1n) is 12.3. The summed E-state index contributed by atoms with van der Waals surface area (Å²) in [4.78, 5) is 27.2. The molecule has 0 bridgehead atoms. The van der Waals surface area contributed by atoms with Crippen molar-refractivity contribution in [1.82, 2.24) is 15.0 Å². The number of pyridine rings is 1. The number of ketones is 1. The molecule has 0 amide bonds. The van der Waals surface area contributed by atoms with E-state index in [4.69, 9.17) is 14.7 Å². The molecule has 1 aliphatic heterocycles. The van der Waals surface area contributed by atoms with E-state index in [0.29, 0.717) is 40.0 Å². The van der Waals surface area contributed by atoms with Gasteiger partial charge in [0.25, 0.3) is 0 Å². The molecule has 3 heterocycles. The third-order valence-corrected chi connectivity index (χ3v) is 8.48. The van der Waals surface area contributed by atoms with E-state index in [-0.39, 0.29) is 35.4 Å². The van der Waals surface area contributed by atoms with Gasteiger partial charge in [-0.15, -0.1) is 0 Å². The van der Waals surface area contributed by atoms with Gasteiger partial charge in [0.2, 0.25) is 0 Å². The molecule has 4 aromatic rings. The van der Waals surface area contributed by atoms with Crippen LogP contribution < -0.4 is 0 Å². The number of nitrogens with zero attached hydrogens (tertiary/aromatic N) is 3. The molecule has 1 saturated carbocycles. The number of fused-ring (bicyclic) bond motifs is 6. The Morgan fingerprint density at radius 1 is 1.06 bits per heavy atom. The second kappa shape index (κ2) is 7.46. The van der Waals surface area contributed by atoms with Crippen molar-refractivity contribution >= 4 is 16.7 Å². The van der Waals surface area contributed by atoms with E-state index < -0.39 is 11.5 Å². The average molecular weight is 484 g/mol. The lowest BCUT2D eigenvalue weighted by molar-refractivity contribution is -0.127. The molecule has 0 unspecified atom stereocenters. The second-order valence-electron chi connectivity index (χ2n) is 10.3. The normalized spacial score (nSPS) is 28.4. The highest BCUT2D eigenvalue weighted by atomic mass is 19.1. The Bertz CT molecular complexity index is 1590. The summed E-state index contributed by atoms with van der Waals surface area (Å²) in [6.07, 6.45) is 2.38. The van der Waals surface area contributed by atoms with Crippen molar-refractivity contribution in [3.63, 3.8) is 0 Å². The lowest BCUT2D eigenvalue weighted by Crippen LogP contribution is -2.52. The fourth-order valence-corrected chi connectivity index (χ4v) is 6.61. The maximum absolute atomic E-state index is 15.1. The number of aromatic nitrogens is 3. The number of carbonyl (C=O) groups is 1. The van der Waals surface area contributed by atoms with Crippen LogP contribution in [0.3, 0.4) is 0 Å². The maximum atomic E-state index is 15.1. The number of rotatable bonds is 2. The third kappa shape index (κ3) is 2.89. The Labute approximate surface area is 206 Å². The first kappa shape index (κ1) is 21.7. The van der Waals surface area contributed by atoms with Crippen LogP contribution in [0.4, 0.5) is 8.78 Å². The molecule has 2 fully saturated rings. The number of hydrogen-bond acceptors (Lipinski definition) is 5. The summed E-state index contributed by atoms with van der Waals surface area (Å²) in [7, 11) is 0. The van der Waals surface area contributed by atoms with Crippen molar-refractivity contribution in [2.24, 2.45) is 11.8 Å². The number of ether oxygens (including phenoxy) is 1. The second-order valence-corrected chi connectivity index (χ2v) is 10.3. The monoisotopic (exact) mass is 483 g/mol. The largest absolute Gasteiger partial charge is 0.360 e. The van der Waals surface area contributed by atoms with Gasteiger partial charge >= 0.3 is 0 Å². The van der Waals surface area contributed by atoms with Crippen LogP contribution in [0, 0.1) is 23.5 Å². The van der Waals surface area contributed by atoms with E-state index in [0.717, 1.165) is 17.7 Å². The SMILES string of the molecule is C[C@H]1C(=O)[C@H]2O[C@H]2[C@@]2(C)c3nc(-c4ccnc5cc(F)ccc45)nc(-c4ccccc4F)c3CC[C@H]12. The quantitative estimate of drug-likeness (QED) is 0.355. The summed E-state index contributed by atoms with van der Waals surface area (Å²) in [5.74, 6) is -0.219. The van der Waals surface area contributed by atoms with Gasteiger partial charge in [-0.25, -0.2) is 18.7 Å². The molecule has 180 valence electrons. The first-order chi connectivity index (χ1) is 17.4. The van der Waals surface area contributed by atoms with Crippen LogP contribution in [0.25, 0.3) is 33.5 Å². The molecule has 7 heteroatoms. The Hall–Kier alpha value is -3.58. The zero-order valence-electron chi connectivity index (χ0n) is 19.8. The van der Waals surface area contributed by atoms with Gasteiger partial charge in [-0.05, 0) is 49.1 Å². The third-order valence-electron chi connectivity index (χ3n) is 8.48. The molecule has 7 rings (SSSR count). The fourth-order valence-electron chi connectivity index (χ4n) is 6.61. The molecule has 0 radical (unpaired) electrons. The summed E-state index contributed by atoms with van der Waals surface area (Å²) in [6, 6.07) is 12.9. The number of halogens is 2. The molecule has 0 spiro atoms. The molecule has 2 aliphatic carbocycles.